The summed E-state index contributed by atoms with van der Waals surface area (Å²) in [6.45, 7) is 1.99. The molecule has 0 saturated carbocycles. The number of hydrogen-bond acceptors (Lipinski definition) is 4. The fourth-order valence-electron chi connectivity index (χ4n) is 0.831. The fraction of sp³-hybridized carbons (Fsp3) is 0.0833. The van der Waals surface area contributed by atoms with Gasteiger partial charge in [0.2, 0.25) is 0 Å². The van der Waals surface area contributed by atoms with E-state index in [0.29, 0.717) is 11.5 Å². The quantitative estimate of drug-likeness (QED) is 0.774. The molecular weight excluding hydrogens is 208 g/mol. The van der Waals surface area contributed by atoms with Gasteiger partial charge in [0, 0.05) is 0 Å². The average Bonchev–Trinajstić information content (AvgIpc) is 2.86. The van der Waals surface area contributed by atoms with Crippen LogP contribution in [0.3, 0.4) is 0 Å². The van der Waals surface area contributed by atoms with Gasteiger partial charge in [0.15, 0.2) is 0 Å². The van der Waals surface area contributed by atoms with Crippen LogP contribution in [0.2, 0.25) is 0 Å². The number of aliphatic hydroxyl groups excluding tert-OH is 1. The Kier molecular flexibility index (Phi) is 8.26. The summed E-state index contributed by atoms with van der Waals surface area (Å²) in [6.07, 6.45) is 1.53. The largest absolute Gasteiger partial charge is 0.508 e. The van der Waals surface area contributed by atoms with Gasteiger partial charge in [0.25, 0.3) is 0 Å². The molecule has 2 rings (SSSR count). The Bertz CT molecular complexity index is 342. The van der Waals surface area contributed by atoms with Crippen molar-refractivity contribution in [2.24, 2.45) is 0 Å². The molecule has 0 spiro atoms. The first-order valence-electron chi connectivity index (χ1n) is 4.49. The summed E-state index contributed by atoms with van der Waals surface area (Å²) in [6, 6.07) is 12.2. The van der Waals surface area contributed by atoms with Crippen molar-refractivity contribution in [1.82, 2.24) is 0 Å². The Balaban J connectivity index is 0.000000244. The second-order valence-corrected chi connectivity index (χ2v) is 2.57. The van der Waals surface area contributed by atoms with E-state index in [9.17, 15) is 0 Å². The summed E-state index contributed by atoms with van der Waals surface area (Å²) in [5.41, 5.74) is 0. The zero-order valence-corrected chi connectivity index (χ0v) is 8.74. The van der Waals surface area contributed by atoms with Gasteiger partial charge in [-0.15, -0.1) is 0 Å². The molecule has 0 bridgehead atoms. The molecule has 0 aliphatic heterocycles. The van der Waals surface area contributed by atoms with E-state index in [1.165, 1.54) is 6.26 Å². The van der Waals surface area contributed by atoms with Crippen LogP contribution in [-0.4, -0.2) is 17.0 Å². The van der Waals surface area contributed by atoms with E-state index in [1.807, 2.05) is 12.9 Å². The number of benzene rings is 1. The van der Waals surface area contributed by atoms with Gasteiger partial charge in [-0.05, 0) is 24.3 Å². The first-order valence-corrected chi connectivity index (χ1v) is 4.49. The first-order chi connectivity index (χ1) is 7.83. The Morgan fingerprint density at radius 2 is 1.69 bits per heavy atom. The van der Waals surface area contributed by atoms with Crippen LogP contribution in [0.25, 0.3) is 0 Å². The van der Waals surface area contributed by atoms with Gasteiger partial charge in [0.05, 0.1) is 6.26 Å². The van der Waals surface area contributed by atoms with Crippen LogP contribution in [0.4, 0.5) is 0 Å². The van der Waals surface area contributed by atoms with Gasteiger partial charge in [-0.1, -0.05) is 18.2 Å². The maximum atomic E-state index is 8.63. The highest BCUT2D eigenvalue weighted by atomic mass is 16.4. The summed E-state index contributed by atoms with van der Waals surface area (Å²) >= 11 is 0. The molecule has 0 fully saturated rings. The molecule has 0 atom stereocenters. The lowest BCUT2D eigenvalue weighted by Crippen LogP contribution is -1.72. The third kappa shape index (κ3) is 6.39. The van der Waals surface area contributed by atoms with Gasteiger partial charge in [0.1, 0.15) is 24.9 Å². The van der Waals surface area contributed by atoms with Crippen LogP contribution in [0.1, 0.15) is 5.76 Å². The molecule has 2 N–H and O–H groups in total. The highest BCUT2D eigenvalue weighted by molar-refractivity contribution is 5.18. The van der Waals surface area contributed by atoms with Crippen molar-refractivity contribution in [2.75, 3.05) is 0 Å². The lowest BCUT2D eigenvalue weighted by atomic mass is 10.3. The van der Waals surface area contributed by atoms with Gasteiger partial charge in [-0.25, -0.2) is 0 Å². The van der Waals surface area contributed by atoms with Crippen molar-refractivity contribution in [3.8, 4) is 5.75 Å². The SMILES string of the molecule is C=O.OCc1ccco1.Oc1ccccc1. The molecule has 1 aromatic heterocycles. The number of phenols is 1. The monoisotopic (exact) mass is 222 g/mol. The molecule has 1 heterocycles. The lowest BCUT2D eigenvalue weighted by Gasteiger charge is -1.82. The van der Waals surface area contributed by atoms with Crippen LogP contribution < -0.4 is 0 Å². The molecule has 0 unspecified atom stereocenters. The summed E-state index contributed by atoms with van der Waals surface area (Å²) in [5.74, 6) is 0.933. The molecule has 16 heavy (non-hydrogen) atoms. The predicted octanol–water partition coefficient (Wildman–Crippen LogP) is 1.98. The molecule has 0 amide bonds. The molecule has 4 heteroatoms. The lowest BCUT2D eigenvalue weighted by molar-refractivity contribution is -0.0979. The van der Waals surface area contributed by atoms with E-state index in [0.717, 1.165) is 0 Å². The van der Waals surface area contributed by atoms with Crippen LogP contribution in [0.5, 0.6) is 5.75 Å². The van der Waals surface area contributed by atoms with E-state index >= 15 is 0 Å². The summed E-state index contributed by atoms with van der Waals surface area (Å²) in [4.78, 5) is 8.00. The maximum absolute atomic E-state index is 8.63. The summed E-state index contributed by atoms with van der Waals surface area (Å²) in [5, 5.41) is 17.0. The molecule has 0 aliphatic rings. The maximum Gasteiger partial charge on any atom is 0.129 e. The Morgan fingerprint density at radius 3 is 1.94 bits per heavy atom. The van der Waals surface area contributed by atoms with Crippen LogP contribution >= 0.6 is 0 Å². The molecule has 0 radical (unpaired) electrons. The number of furan rings is 1. The number of rotatable bonds is 1. The van der Waals surface area contributed by atoms with Crippen molar-refractivity contribution in [3.63, 3.8) is 0 Å². The Labute approximate surface area is 93.8 Å². The van der Waals surface area contributed by atoms with Gasteiger partial charge < -0.3 is 19.4 Å². The van der Waals surface area contributed by atoms with E-state index in [1.54, 1.807) is 36.4 Å². The van der Waals surface area contributed by atoms with Crippen molar-refractivity contribution < 1.29 is 19.4 Å². The van der Waals surface area contributed by atoms with Crippen LogP contribution in [0.15, 0.2) is 53.1 Å². The minimum atomic E-state index is -0.00694. The van der Waals surface area contributed by atoms with E-state index in [2.05, 4.69) is 0 Å². The third-order valence-electron chi connectivity index (χ3n) is 1.49. The highest BCUT2D eigenvalue weighted by Gasteiger charge is 1.85. The van der Waals surface area contributed by atoms with Crippen molar-refractivity contribution >= 4 is 6.79 Å². The summed E-state index contributed by atoms with van der Waals surface area (Å²) < 4.78 is 4.73. The number of aromatic hydroxyl groups is 1. The van der Waals surface area contributed by atoms with Crippen molar-refractivity contribution in [1.29, 1.82) is 0 Å². The predicted molar refractivity (Wildman–Crippen MR) is 59.9 cm³/mol. The van der Waals surface area contributed by atoms with Gasteiger partial charge >= 0.3 is 0 Å². The Hall–Kier alpha value is -2.07. The van der Waals surface area contributed by atoms with Crippen LogP contribution in [0, 0.1) is 0 Å². The Morgan fingerprint density at radius 1 is 1.06 bits per heavy atom. The van der Waals surface area contributed by atoms with Crippen molar-refractivity contribution in [3.05, 3.63) is 54.5 Å². The topological polar surface area (TPSA) is 70.7 Å². The average molecular weight is 222 g/mol. The zero-order chi connectivity index (χ0) is 12.2. The molecule has 0 saturated heterocycles. The minimum Gasteiger partial charge on any atom is -0.508 e. The zero-order valence-electron chi connectivity index (χ0n) is 8.74. The molecule has 2 aromatic rings. The summed E-state index contributed by atoms with van der Waals surface area (Å²) in [7, 11) is 0. The van der Waals surface area contributed by atoms with Crippen molar-refractivity contribution in [2.45, 2.75) is 6.61 Å². The molecule has 86 valence electrons. The van der Waals surface area contributed by atoms with E-state index < -0.39 is 0 Å². The number of carbonyl (C=O) groups is 1. The van der Waals surface area contributed by atoms with E-state index in [4.69, 9.17) is 19.4 Å². The molecular formula is C12H14O4. The third-order valence-corrected chi connectivity index (χ3v) is 1.49. The number of carbonyl (C=O) groups excluding carboxylic acids is 1. The van der Waals surface area contributed by atoms with Crippen LogP contribution in [-0.2, 0) is 11.4 Å². The highest BCUT2D eigenvalue weighted by Crippen LogP contribution is 2.02. The smallest absolute Gasteiger partial charge is 0.129 e. The van der Waals surface area contributed by atoms with Gasteiger partial charge in [-0.2, -0.15) is 0 Å². The molecule has 4 nitrogen and oxygen atoms in total. The minimum absolute atomic E-state index is 0.00694. The fourth-order valence-corrected chi connectivity index (χ4v) is 0.831. The van der Waals surface area contributed by atoms with E-state index in [-0.39, 0.29) is 6.61 Å². The normalized spacial score (nSPS) is 8.06. The molecule has 0 aliphatic carbocycles. The second-order valence-electron chi connectivity index (χ2n) is 2.57. The number of hydrogen-bond donors (Lipinski definition) is 2. The number of para-hydroxylation sites is 1. The first kappa shape index (κ1) is 13.9. The number of aliphatic hydroxyl groups is 1. The second kappa shape index (κ2) is 9.48. The number of phenolic OH excluding ortho intramolecular Hbond substituents is 1. The van der Waals surface area contributed by atoms with Gasteiger partial charge in [-0.3, -0.25) is 0 Å². The standard InChI is InChI=1S/C6H6O.C5H6O2.CH2O/c7-6-4-2-1-3-5-6;6-4-5-2-1-3-7-5;1-2/h1-5,7H;1-3,6H,4H2;1H2. The molecule has 1 aromatic carbocycles.